The van der Waals surface area contributed by atoms with E-state index < -0.39 is 18.8 Å². The van der Waals surface area contributed by atoms with Gasteiger partial charge in [-0.05, 0) is 17.2 Å². The number of rotatable bonds is 6. The minimum absolute atomic E-state index is 0.0105. The van der Waals surface area contributed by atoms with Crippen molar-refractivity contribution in [3.63, 3.8) is 0 Å². The van der Waals surface area contributed by atoms with E-state index in [4.69, 9.17) is 9.79 Å². The summed E-state index contributed by atoms with van der Waals surface area (Å²) < 4.78 is 38.4. The summed E-state index contributed by atoms with van der Waals surface area (Å²) in [5, 5.41) is 0. The van der Waals surface area contributed by atoms with Crippen molar-refractivity contribution in [1.29, 1.82) is 0 Å². The van der Waals surface area contributed by atoms with Crippen LogP contribution in [0.1, 0.15) is 16.7 Å². The van der Waals surface area contributed by atoms with Crippen molar-refractivity contribution in [2.45, 2.75) is 17.2 Å². The second kappa shape index (κ2) is 7.45. The van der Waals surface area contributed by atoms with Gasteiger partial charge in [-0.15, -0.1) is 0 Å². The highest BCUT2D eigenvalue weighted by atomic mass is 79.9. The summed E-state index contributed by atoms with van der Waals surface area (Å²) in [4.78, 5) is 17.6. The molecule has 0 radical (unpaired) electrons. The Morgan fingerprint density at radius 1 is 1.04 bits per heavy atom. The zero-order valence-corrected chi connectivity index (χ0v) is 15.1. The molecular weight excluding hydrogens is 409 g/mol. The van der Waals surface area contributed by atoms with E-state index in [1.165, 1.54) is 17.7 Å². The number of halogens is 3. The van der Waals surface area contributed by atoms with Gasteiger partial charge in [0, 0.05) is 21.5 Å². The molecule has 0 aliphatic rings. The smallest absolute Gasteiger partial charge is 0.320 e. The summed E-state index contributed by atoms with van der Waals surface area (Å²) in [7, 11) is -5.56. The SMILES string of the molecule is O=P(O)(O)C(F)(F)c1ccc(CSCc2ccccc2)cc1Br. The first kappa shape index (κ1) is 18.6. The van der Waals surface area contributed by atoms with E-state index in [0.717, 1.165) is 17.4 Å². The molecule has 23 heavy (non-hydrogen) atoms. The fourth-order valence-corrected chi connectivity index (χ4v) is 4.19. The first-order chi connectivity index (χ1) is 10.7. The summed E-state index contributed by atoms with van der Waals surface area (Å²) >= 11 is 4.60. The lowest BCUT2D eigenvalue weighted by Gasteiger charge is -2.19. The van der Waals surface area contributed by atoms with Crippen LogP contribution in [-0.2, 0) is 21.7 Å². The van der Waals surface area contributed by atoms with Gasteiger partial charge < -0.3 is 9.79 Å². The van der Waals surface area contributed by atoms with Gasteiger partial charge in [0.05, 0.1) is 0 Å². The Labute approximate surface area is 145 Å². The maximum Gasteiger partial charge on any atom is 0.399 e. The topological polar surface area (TPSA) is 57.5 Å². The predicted molar refractivity (Wildman–Crippen MR) is 91.5 cm³/mol. The molecule has 0 fully saturated rings. The first-order valence-corrected chi connectivity index (χ1v) is 10.1. The quantitative estimate of drug-likeness (QED) is 0.635. The van der Waals surface area contributed by atoms with Gasteiger partial charge in [-0.25, -0.2) is 0 Å². The second-order valence-electron chi connectivity index (χ2n) is 4.88. The van der Waals surface area contributed by atoms with Gasteiger partial charge in [0.15, 0.2) is 0 Å². The number of hydrogen-bond acceptors (Lipinski definition) is 2. The maximum absolute atomic E-state index is 13.7. The van der Waals surface area contributed by atoms with Gasteiger partial charge in [-0.2, -0.15) is 20.5 Å². The molecule has 0 bridgehead atoms. The van der Waals surface area contributed by atoms with Crippen LogP contribution in [0.2, 0.25) is 0 Å². The molecule has 2 N–H and O–H groups in total. The van der Waals surface area contributed by atoms with E-state index in [9.17, 15) is 13.3 Å². The third kappa shape index (κ3) is 4.64. The fraction of sp³-hybridized carbons (Fsp3) is 0.200. The van der Waals surface area contributed by atoms with E-state index >= 15 is 0 Å². The first-order valence-electron chi connectivity index (χ1n) is 6.56. The fourth-order valence-electron chi connectivity index (χ4n) is 1.91. The number of thioether (sulfide) groups is 1. The van der Waals surface area contributed by atoms with Crippen LogP contribution in [0.3, 0.4) is 0 Å². The molecule has 3 nitrogen and oxygen atoms in total. The average Bonchev–Trinajstić information content (AvgIpc) is 2.47. The highest BCUT2D eigenvalue weighted by molar-refractivity contribution is 9.10. The molecule has 2 rings (SSSR count). The van der Waals surface area contributed by atoms with Crippen LogP contribution in [0.25, 0.3) is 0 Å². The van der Waals surface area contributed by atoms with Crippen molar-refractivity contribution in [2.24, 2.45) is 0 Å². The van der Waals surface area contributed by atoms with Crippen LogP contribution in [0.5, 0.6) is 0 Å². The molecule has 0 aromatic heterocycles. The van der Waals surface area contributed by atoms with E-state index in [1.54, 1.807) is 11.8 Å². The van der Waals surface area contributed by atoms with Gasteiger partial charge in [-0.3, -0.25) is 4.57 Å². The molecule has 0 saturated carbocycles. The van der Waals surface area contributed by atoms with Gasteiger partial charge >= 0.3 is 13.3 Å². The van der Waals surface area contributed by atoms with Gasteiger partial charge in [-0.1, -0.05) is 58.4 Å². The molecule has 0 spiro atoms. The molecule has 0 atom stereocenters. The standard InChI is InChI=1S/C15H14BrF2O3PS/c16-14-8-12(10-23-9-11-4-2-1-3-5-11)6-7-13(14)15(17,18)22(19,20)21/h1-8H,9-10H2,(H2,19,20,21). The predicted octanol–water partition coefficient (Wildman–Crippen LogP) is 5.11. The molecule has 2 aromatic carbocycles. The second-order valence-corrected chi connectivity index (χ2v) is 8.37. The lowest BCUT2D eigenvalue weighted by atomic mass is 10.1. The molecule has 0 saturated heterocycles. The minimum Gasteiger partial charge on any atom is -0.320 e. The van der Waals surface area contributed by atoms with Crippen molar-refractivity contribution in [2.75, 3.05) is 0 Å². The Balaban J connectivity index is 2.06. The molecule has 2 aromatic rings. The lowest BCUT2D eigenvalue weighted by Crippen LogP contribution is -2.14. The van der Waals surface area contributed by atoms with Crippen LogP contribution in [0, 0.1) is 0 Å². The molecule has 124 valence electrons. The molecule has 8 heteroatoms. The monoisotopic (exact) mass is 422 g/mol. The molecule has 0 heterocycles. The van der Waals surface area contributed by atoms with E-state index in [1.807, 2.05) is 30.3 Å². The summed E-state index contributed by atoms with van der Waals surface area (Å²) in [6.45, 7) is 0. The number of alkyl halides is 2. The third-order valence-corrected chi connectivity index (χ3v) is 5.81. The Bertz CT molecular complexity index is 722. The Morgan fingerprint density at radius 2 is 1.65 bits per heavy atom. The minimum atomic E-state index is -5.56. The highest BCUT2D eigenvalue weighted by Crippen LogP contribution is 2.60. The van der Waals surface area contributed by atoms with Crippen LogP contribution >= 0.6 is 35.3 Å². The maximum atomic E-state index is 13.7. The summed E-state index contributed by atoms with van der Waals surface area (Å²) in [5.74, 6) is 1.40. The van der Waals surface area contributed by atoms with E-state index in [0.29, 0.717) is 5.75 Å². The average molecular weight is 423 g/mol. The largest absolute Gasteiger partial charge is 0.399 e. The van der Waals surface area contributed by atoms with Crippen LogP contribution in [-0.4, -0.2) is 9.79 Å². The van der Waals surface area contributed by atoms with Crippen molar-refractivity contribution in [1.82, 2.24) is 0 Å². The van der Waals surface area contributed by atoms with Crippen LogP contribution in [0.15, 0.2) is 53.0 Å². The molecule has 0 aliphatic carbocycles. The molecule has 0 aliphatic heterocycles. The van der Waals surface area contributed by atoms with Gasteiger partial charge in [0.1, 0.15) is 0 Å². The molecular formula is C15H14BrF2O3PS. The number of benzene rings is 2. The highest BCUT2D eigenvalue weighted by Gasteiger charge is 2.51. The van der Waals surface area contributed by atoms with E-state index in [-0.39, 0.29) is 4.47 Å². The molecule has 0 amide bonds. The van der Waals surface area contributed by atoms with Crippen molar-refractivity contribution in [3.8, 4) is 0 Å². The summed E-state index contributed by atoms with van der Waals surface area (Å²) in [6.07, 6.45) is 0. The normalized spacial score (nSPS) is 12.4. The molecule has 0 unspecified atom stereocenters. The van der Waals surface area contributed by atoms with Crippen LogP contribution < -0.4 is 0 Å². The van der Waals surface area contributed by atoms with Crippen molar-refractivity contribution in [3.05, 3.63) is 69.7 Å². The van der Waals surface area contributed by atoms with Crippen LogP contribution in [0.4, 0.5) is 8.78 Å². The summed E-state index contributed by atoms with van der Waals surface area (Å²) in [6, 6.07) is 13.8. The Hall–Kier alpha value is -0.720. The Morgan fingerprint density at radius 3 is 2.22 bits per heavy atom. The third-order valence-electron chi connectivity index (χ3n) is 3.10. The van der Waals surface area contributed by atoms with Gasteiger partial charge in [0.2, 0.25) is 0 Å². The van der Waals surface area contributed by atoms with Gasteiger partial charge in [0.25, 0.3) is 0 Å². The zero-order valence-electron chi connectivity index (χ0n) is 11.8. The van der Waals surface area contributed by atoms with Crippen molar-refractivity contribution >= 4 is 35.3 Å². The summed E-state index contributed by atoms with van der Waals surface area (Å²) in [5.41, 5.74) is -2.95. The van der Waals surface area contributed by atoms with E-state index in [2.05, 4.69) is 15.9 Å². The lowest BCUT2D eigenvalue weighted by molar-refractivity contribution is 0.0557. The number of hydrogen-bond donors (Lipinski definition) is 2. The Kier molecular flexibility index (Phi) is 6.03. The zero-order chi connectivity index (χ0) is 17.1. The van der Waals surface area contributed by atoms with Crippen molar-refractivity contribution < 1.29 is 23.1 Å².